The molecule has 0 N–H and O–H groups in total. The Bertz CT molecular complexity index is 691. The van der Waals surface area contributed by atoms with Crippen molar-refractivity contribution >= 4 is 28.8 Å². The van der Waals surface area contributed by atoms with Crippen LogP contribution in [-0.2, 0) is 7.05 Å². The summed E-state index contributed by atoms with van der Waals surface area (Å²) in [4.78, 5) is 20.0. The maximum Gasteiger partial charge on any atom is 0.273 e. The molecule has 0 aliphatic heterocycles. The number of aromatic nitrogens is 3. The predicted octanol–water partition coefficient (Wildman–Crippen LogP) is 3.29. The lowest BCUT2D eigenvalue weighted by atomic mass is 10.2. The second-order valence-electron chi connectivity index (χ2n) is 5.14. The van der Waals surface area contributed by atoms with Crippen molar-refractivity contribution < 1.29 is 4.79 Å². The van der Waals surface area contributed by atoms with Gasteiger partial charge in [-0.2, -0.15) is 5.10 Å². The van der Waals surface area contributed by atoms with Crippen LogP contribution in [0, 0.1) is 20.8 Å². The van der Waals surface area contributed by atoms with Gasteiger partial charge in [-0.1, -0.05) is 11.6 Å². The highest BCUT2D eigenvalue weighted by Crippen LogP contribution is 2.28. The van der Waals surface area contributed by atoms with Gasteiger partial charge < -0.3 is 4.90 Å². The molecule has 0 radical (unpaired) electrons. The number of amides is 1. The summed E-state index contributed by atoms with van der Waals surface area (Å²) < 4.78 is 1.53. The molecule has 0 aromatic carbocycles. The van der Waals surface area contributed by atoms with Crippen LogP contribution < -0.4 is 0 Å². The number of rotatable bonds is 3. The molecule has 2 aromatic heterocycles. The molecule has 2 rings (SSSR count). The van der Waals surface area contributed by atoms with Crippen molar-refractivity contribution in [1.82, 2.24) is 19.7 Å². The molecule has 0 fully saturated rings. The van der Waals surface area contributed by atoms with Gasteiger partial charge in [-0.05, 0) is 27.7 Å². The zero-order valence-electron chi connectivity index (χ0n) is 13.1. The van der Waals surface area contributed by atoms with Gasteiger partial charge in [-0.15, -0.1) is 11.3 Å². The summed E-state index contributed by atoms with van der Waals surface area (Å²) in [6, 6.07) is -0.117. The van der Waals surface area contributed by atoms with Crippen molar-refractivity contribution in [3.8, 4) is 0 Å². The summed E-state index contributed by atoms with van der Waals surface area (Å²) in [6.07, 6.45) is 0. The van der Waals surface area contributed by atoms with E-state index in [2.05, 4.69) is 10.1 Å². The fourth-order valence-corrected chi connectivity index (χ4v) is 3.47. The minimum Gasteiger partial charge on any atom is -0.332 e. The maximum absolute atomic E-state index is 12.7. The Morgan fingerprint density at radius 2 is 2.00 bits per heavy atom. The van der Waals surface area contributed by atoms with E-state index in [4.69, 9.17) is 11.6 Å². The molecule has 0 saturated heterocycles. The Balaban J connectivity index is 2.33. The predicted molar refractivity (Wildman–Crippen MR) is 85.1 cm³/mol. The normalized spacial score (nSPS) is 12.5. The van der Waals surface area contributed by atoms with Gasteiger partial charge in [0, 0.05) is 19.0 Å². The monoisotopic (exact) mass is 326 g/mol. The lowest BCUT2D eigenvalue weighted by Crippen LogP contribution is -2.31. The van der Waals surface area contributed by atoms with Crippen LogP contribution in [0.2, 0.25) is 5.02 Å². The molecule has 0 aliphatic carbocycles. The second kappa shape index (κ2) is 5.77. The molecule has 21 heavy (non-hydrogen) atoms. The van der Waals surface area contributed by atoms with Gasteiger partial charge >= 0.3 is 0 Å². The number of hydrogen-bond acceptors (Lipinski definition) is 4. The third-order valence-electron chi connectivity index (χ3n) is 3.59. The standard InChI is InChI=1S/C14H19ClN4OS/c1-7-11(15)13(19(6)17-7)14(20)18(5)8(2)12-9(3)21-10(4)16-12/h8H,1-6H3. The number of aryl methyl sites for hydroxylation is 4. The summed E-state index contributed by atoms with van der Waals surface area (Å²) in [5, 5.41) is 5.61. The number of hydrogen-bond donors (Lipinski definition) is 0. The second-order valence-corrected chi connectivity index (χ2v) is 6.92. The van der Waals surface area contributed by atoms with E-state index >= 15 is 0 Å². The molecule has 1 amide bonds. The van der Waals surface area contributed by atoms with Gasteiger partial charge in [0.2, 0.25) is 0 Å². The number of nitrogens with zero attached hydrogens (tertiary/aromatic N) is 4. The molecule has 114 valence electrons. The van der Waals surface area contributed by atoms with Crippen molar-refractivity contribution in [2.24, 2.45) is 7.05 Å². The fraction of sp³-hybridized carbons (Fsp3) is 0.500. The van der Waals surface area contributed by atoms with Crippen LogP contribution >= 0.6 is 22.9 Å². The highest BCUT2D eigenvalue weighted by molar-refractivity contribution is 7.11. The average Bonchev–Trinajstić information content (AvgIpc) is 2.87. The Morgan fingerprint density at radius 3 is 2.43 bits per heavy atom. The third-order valence-corrected chi connectivity index (χ3v) is 4.94. The molecule has 2 aromatic rings. The SMILES string of the molecule is Cc1nc(C(C)N(C)C(=O)c2c(Cl)c(C)nn2C)c(C)s1. The van der Waals surface area contributed by atoms with Crippen molar-refractivity contribution in [2.75, 3.05) is 7.05 Å². The van der Waals surface area contributed by atoms with Gasteiger partial charge in [0.1, 0.15) is 5.69 Å². The van der Waals surface area contributed by atoms with Gasteiger partial charge in [-0.3, -0.25) is 9.48 Å². The average molecular weight is 327 g/mol. The van der Waals surface area contributed by atoms with Crippen LogP contribution in [0.25, 0.3) is 0 Å². The smallest absolute Gasteiger partial charge is 0.273 e. The summed E-state index contributed by atoms with van der Waals surface area (Å²) in [5.41, 5.74) is 2.00. The van der Waals surface area contributed by atoms with Crippen molar-refractivity contribution in [2.45, 2.75) is 33.7 Å². The fourth-order valence-electron chi connectivity index (χ4n) is 2.32. The molecule has 0 bridgehead atoms. The molecule has 7 heteroatoms. The summed E-state index contributed by atoms with van der Waals surface area (Å²) in [6.45, 7) is 7.75. The van der Waals surface area contributed by atoms with E-state index in [0.29, 0.717) is 16.4 Å². The molecular weight excluding hydrogens is 308 g/mol. The number of carbonyl (C=O) groups excluding carboxylic acids is 1. The Morgan fingerprint density at radius 1 is 1.38 bits per heavy atom. The summed E-state index contributed by atoms with van der Waals surface area (Å²) in [5.74, 6) is -0.152. The first-order valence-corrected chi connectivity index (χ1v) is 7.83. The summed E-state index contributed by atoms with van der Waals surface area (Å²) >= 11 is 7.83. The highest BCUT2D eigenvalue weighted by atomic mass is 35.5. The lowest BCUT2D eigenvalue weighted by Gasteiger charge is -2.24. The zero-order chi connectivity index (χ0) is 15.9. The number of carbonyl (C=O) groups is 1. The van der Waals surface area contributed by atoms with Crippen LogP contribution in [0.1, 0.15) is 44.7 Å². The first kappa shape index (κ1) is 16.0. The number of halogens is 1. The zero-order valence-corrected chi connectivity index (χ0v) is 14.6. The van der Waals surface area contributed by atoms with Crippen LogP contribution in [0.15, 0.2) is 0 Å². The van der Waals surface area contributed by atoms with Crippen molar-refractivity contribution in [3.63, 3.8) is 0 Å². The molecular formula is C14H19ClN4OS. The quantitative estimate of drug-likeness (QED) is 0.869. The van der Waals surface area contributed by atoms with E-state index in [0.717, 1.165) is 15.6 Å². The molecule has 0 aliphatic rings. The van der Waals surface area contributed by atoms with E-state index in [1.54, 1.807) is 37.3 Å². The van der Waals surface area contributed by atoms with Crippen LogP contribution in [0.3, 0.4) is 0 Å². The van der Waals surface area contributed by atoms with E-state index in [-0.39, 0.29) is 11.9 Å². The summed E-state index contributed by atoms with van der Waals surface area (Å²) in [7, 11) is 3.49. The largest absolute Gasteiger partial charge is 0.332 e. The van der Waals surface area contributed by atoms with E-state index in [1.807, 2.05) is 20.8 Å². The molecule has 1 unspecified atom stereocenters. The van der Waals surface area contributed by atoms with Crippen LogP contribution in [0.4, 0.5) is 0 Å². The Kier molecular flexibility index (Phi) is 4.39. The Hall–Kier alpha value is -1.40. The molecule has 0 saturated carbocycles. The molecule has 2 heterocycles. The lowest BCUT2D eigenvalue weighted by molar-refractivity contribution is 0.0729. The molecule has 1 atom stereocenters. The maximum atomic E-state index is 12.7. The minimum atomic E-state index is -0.152. The van der Waals surface area contributed by atoms with Crippen LogP contribution in [0.5, 0.6) is 0 Å². The van der Waals surface area contributed by atoms with Gasteiger partial charge in [-0.25, -0.2) is 4.98 Å². The minimum absolute atomic E-state index is 0.117. The van der Waals surface area contributed by atoms with Gasteiger partial charge in [0.25, 0.3) is 5.91 Å². The third kappa shape index (κ3) is 2.82. The van der Waals surface area contributed by atoms with Crippen molar-refractivity contribution in [1.29, 1.82) is 0 Å². The highest BCUT2D eigenvalue weighted by Gasteiger charge is 2.27. The van der Waals surface area contributed by atoms with E-state index < -0.39 is 0 Å². The van der Waals surface area contributed by atoms with Gasteiger partial charge in [0.15, 0.2) is 0 Å². The van der Waals surface area contributed by atoms with E-state index in [1.165, 1.54) is 4.68 Å². The number of thiazole rings is 1. The van der Waals surface area contributed by atoms with Crippen molar-refractivity contribution in [3.05, 3.63) is 32.0 Å². The van der Waals surface area contributed by atoms with Crippen LogP contribution in [-0.4, -0.2) is 32.6 Å². The topological polar surface area (TPSA) is 51.0 Å². The van der Waals surface area contributed by atoms with E-state index in [9.17, 15) is 4.79 Å². The molecule has 0 spiro atoms. The van der Waals surface area contributed by atoms with Gasteiger partial charge in [0.05, 0.1) is 27.5 Å². The first-order valence-electron chi connectivity index (χ1n) is 6.64. The first-order chi connectivity index (χ1) is 9.73. The molecule has 5 nitrogen and oxygen atoms in total. The Labute approximate surface area is 133 Å².